The van der Waals surface area contributed by atoms with Gasteiger partial charge in [0.05, 0.1) is 11.7 Å². The molecule has 4 aromatic rings. The highest BCUT2D eigenvalue weighted by Gasteiger charge is 2.23. The lowest BCUT2D eigenvalue weighted by molar-refractivity contribution is 0.0836. The van der Waals surface area contributed by atoms with Crippen molar-refractivity contribution in [3.8, 4) is 11.3 Å². The molecule has 1 aliphatic carbocycles. The van der Waals surface area contributed by atoms with Crippen molar-refractivity contribution in [3.63, 3.8) is 0 Å². The lowest BCUT2D eigenvalue weighted by Crippen LogP contribution is -2.17. The van der Waals surface area contributed by atoms with Crippen LogP contribution in [0.1, 0.15) is 49.2 Å². The Kier molecular flexibility index (Phi) is 6.09. The Balaban J connectivity index is 0.000000238. The summed E-state index contributed by atoms with van der Waals surface area (Å²) in [6.45, 7) is 3.20. The van der Waals surface area contributed by atoms with Crippen molar-refractivity contribution in [2.45, 2.75) is 44.6 Å². The summed E-state index contributed by atoms with van der Waals surface area (Å²) in [7, 11) is 0. The molecule has 1 saturated carbocycles. The molecule has 0 unspecified atom stereocenters. The van der Waals surface area contributed by atoms with Crippen LogP contribution in [0, 0.1) is 18.6 Å². The molecule has 33 heavy (non-hydrogen) atoms. The van der Waals surface area contributed by atoms with Gasteiger partial charge in [0.1, 0.15) is 17.5 Å². The summed E-state index contributed by atoms with van der Waals surface area (Å²) in [6.07, 6.45) is 8.14. The van der Waals surface area contributed by atoms with Gasteiger partial charge < -0.3 is 4.74 Å². The second-order valence-electron chi connectivity index (χ2n) is 8.48. The molecular weight excluding hydrogens is 424 g/mol. The average Bonchev–Trinajstić information content (AvgIpc) is 3.53. The van der Waals surface area contributed by atoms with Crippen molar-refractivity contribution in [1.29, 1.82) is 0 Å². The highest BCUT2D eigenvalue weighted by molar-refractivity contribution is 5.90. The van der Waals surface area contributed by atoms with Crippen molar-refractivity contribution >= 4 is 11.0 Å². The van der Waals surface area contributed by atoms with Gasteiger partial charge in [-0.05, 0) is 62.9 Å². The minimum Gasteiger partial charge on any atom is -0.381 e. The monoisotopic (exact) mass is 449 g/mol. The summed E-state index contributed by atoms with van der Waals surface area (Å²) in [5.74, 6) is -0.452. The van der Waals surface area contributed by atoms with Gasteiger partial charge in [-0.15, -0.1) is 0 Å². The van der Waals surface area contributed by atoms with Gasteiger partial charge in [-0.25, -0.2) is 23.7 Å². The largest absolute Gasteiger partial charge is 0.381 e. The standard InChI is InChI=1S/C19H17F2N3O.C6H8N2/c1-11-2-4-15-17(14-5-3-13(20)10-16(14)21)23-18(24-19(15)22-11)12-6-8-25-9-7-12;1-4-7-8(5-1)6-2-3-6/h2-5,10,12H,6-9H2,1H3;1,4-6H,2-3H2. The van der Waals surface area contributed by atoms with E-state index in [2.05, 4.69) is 20.1 Å². The molecule has 0 bridgehead atoms. The molecule has 0 atom stereocenters. The van der Waals surface area contributed by atoms with Gasteiger partial charge >= 0.3 is 0 Å². The minimum absolute atomic E-state index is 0.155. The maximum Gasteiger partial charge on any atom is 0.163 e. The molecule has 0 N–H and O–H groups in total. The molecular formula is C25H25F2N5O. The molecule has 1 aromatic carbocycles. The number of aromatic nitrogens is 5. The highest BCUT2D eigenvalue weighted by atomic mass is 19.1. The molecule has 6 nitrogen and oxygen atoms in total. The van der Waals surface area contributed by atoms with Gasteiger partial charge in [-0.1, -0.05) is 0 Å². The van der Waals surface area contributed by atoms with E-state index in [1.54, 1.807) is 0 Å². The summed E-state index contributed by atoms with van der Waals surface area (Å²) in [6, 6.07) is 9.92. The maximum absolute atomic E-state index is 14.4. The van der Waals surface area contributed by atoms with Crippen LogP contribution in [-0.2, 0) is 4.74 Å². The van der Waals surface area contributed by atoms with E-state index in [0.717, 1.165) is 30.6 Å². The predicted octanol–water partition coefficient (Wildman–Crippen LogP) is 5.39. The van der Waals surface area contributed by atoms with Crippen LogP contribution in [-0.4, -0.2) is 37.9 Å². The third-order valence-corrected chi connectivity index (χ3v) is 5.93. The Morgan fingerprint density at radius 2 is 1.79 bits per heavy atom. The number of nitrogens with zero attached hydrogens (tertiary/aromatic N) is 5. The fraction of sp³-hybridized carbons (Fsp3) is 0.360. The zero-order valence-electron chi connectivity index (χ0n) is 18.4. The van der Waals surface area contributed by atoms with E-state index in [-0.39, 0.29) is 11.5 Å². The molecule has 170 valence electrons. The molecule has 8 heteroatoms. The first kappa shape index (κ1) is 21.6. The summed E-state index contributed by atoms with van der Waals surface area (Å²) in [5.41, 5.74) is 2.08. The number of benzene rings is 1. The van der Waals surface area contributed by atoms with Crippen LogP contribution < -0.4 is 0 Å². The normalized spacial score (nSPS) is 16.5. The van der Waals surface area contributed by atoms with Gasteiger partial charge in [0.25, 0.3) is 0 Å². The van der Waals surface area contributed by atoms with E-state index in [0.29, 0.717) is 35.8 Å². The van der Waals surface area contributed by atoms with Crippen LogP contribution in [0.3, 0.4) is 0 Å². The van der Waals surface area contributed by atoms with E-state index >= 15 is 0 Å². The number of ether oxygens (including phenoxy) is 1. The molecule has 1 saturated heterocycles. The summed E-state index contributed by atoms with van der Waals surface area (Å²) in [5, 5.41) is 4.75. The van der Waals surface area contributed by atoms with E-state index in [1.165, 1.54) is 25.0 Å². The number of fused-ring (bicyclic) bond motifs is 1. The topological polar surface area (TPSA) is 65.7 Å². The zero-order chi connectivity index (χ0) is 22.8. The Labute approximate surface area is 190 Å². The molecule has 6 rings (SSSR count). The van der Waals surface area contributed by atoms with Crippen LogP contribution in [0.25, 0.3) is 22.3 Å². The molecule has 2 aliphatic rings. The number of aryl methyl sites for hydroxylation is 1. The molecule has 2 fully saturated rings. The first-order valence-electron chi connectivity index (χ1n) is 11.3. The van der Waals surface area contributed by atoms with Crippen LogP contribution in [0.15, 0.2) is 48.8 Å². The Morgan fingerprint density at radius 1 is 0.970 bits per heavy atom. The first-order chi connectivity index (χ1) is 16.1. The minimum atomic E-state index is -0.640. The van der Waals surface area contributed by atoms with Crippen LogP contribution >= 0.6 is 0 Å². The van der Waals surface area contributed by atoms with Gasteiger partial charge in [0.2, 0.25) is 0 Å². The smallest absolute Gasteiger partial charge is 0.163 e. The molecule has 0 radical (unpaired) electrons. The lowest BCUT2D eigenvalue weighted by atomic mass is 9.98. The van der Waals surface area contributed by atoms with Crippen LogP contribution in [0.2, 0.25) is 0 Å². The Bertz CT molecular complexity index is 1250. The molecule has 0 spiro atoms. The summed E-state index contributed by atoms with van der Waals surface area (Å²) < 4.78 is 35.1. The van der Waals surface area contributed by atoms with Gasteiger partial charge in [0.15, 0.2) is 5.65 Å². The highest BCUT2D eigenvalue weighted by Crippen LogP contribution is 2.33. The lowest BCUT2D eigenvalue weighted by Gasteiger charge is -2.21. The summed E-state index contributed by atoms with van der Waals surface area (Å²) >= 11 is 0. The van der Waals surface area contributed by atoms with Crippen LogP contribution in [0.4, 0.5) is 8.78 Å². The van der Waals surface area contributed by atoms with Crippen molar-refractivity contribution in [2.75, 3.05) is 13.2 Å². The third kappa shape index (κ3) is 4.90. The van der Waals surface area contributed by atoms with Crippen molar-refractivity contribution < 1.29 is 13.5 Å². The second-order valence-corrected chi connectivity index (χ2v) is 8.48. The number of rotatable bonds is 3. The first-order valence-corrected chi connectivity index (χ1v) is 11.3. The van der Waals surface area contributed by atoms with Crippen molar-refractivity contribution in [3.05, 3.63) is 71.9 Å². The quantitative estimate of drug-likeness (QED) is 0.420. The Morgan fingerprint density at radius 3 is 2.48 bits per heavy atom. The average molecular weight is 450 g/mol. The molecule has 4 heterocycles. The molecule has 1 aliphatic heterocycles. The third-order valence-electron chi connectivity index (χ3n) is 5.93. The van der Waals surface area contributed by atoms with Gasteiger partial charge in [-0.2, -0.15) is 5.10 Å². The number of halogens is 2. The van der Waals surface area contributed by atoms with Gasteiger partial charge in [0, 0.05) is 54.2 Å². The van der Waals surface area contributed by atoms with E-state index in [4.69, 9.17) is 4.74 Å². The fourth-order valence-electron chi connectivity index (χ4n) is 3.98. The molecule has 0 amide bonds. The Hall–Kier alpha value is -3.26. The van der Waals surface area contributed by atoms with Crippen molar-refractivity contribution in [1.82, 2.24) is 24.7 Å². The van der Waals surface area contributed by atoms with E-state index < -0.39 is 11.6 Å². The van der Waals surface area contributed by atoms with Crippen molar-refractivity contribution in [2.24, 2.45) is 0 Å². The predicted molar refractivity (Wildman–Crippen MR) is 121 cm³/mol. The number of hydrogen-bond acceptors (Lipinski definition) is 5. The second kappa shape index (κ2) is 9.31. The maximum atomic E-state index is 14.4. The van der Waals surface area contributed by atoms with E-state index in [1.807, 2.05) is 42.2 Å². The fourth-order valence-corrected chi connectivity index (χ4v) is 3.98. The zero-order valence-corrected chi connectivity index (χ0v) is 18.4. The van der Waals surface area contributed by atoms with Gasteiger partial charge in [-0.3, -0.25) is 4.68 Å². The van der Waals surface area contributed by atoms with Crippen LogP contribution in [0.5, 0.6) is 0 Å². The number of hydrogen-bond donors (Lipinski definition) is 0. The SMILES string of the molecule is Cc1ccc2c(-c3ccc(F)cc3F)nc(C3CCOCC3)nc2n1.c1cnn(C2CC2)c1. The van der Waals surface area contributed by atoms with E-state index in [9.17, 15) is 8.78 Å². The number of pyridine rings is 1. The summed E-state index contributed by atoms with van der Waals surface area (Å²) in [4.78, 5) is 13.8. The molecule has 3 aromatic heterocycles.